The topological polar surface area (TPSA) is 50.4 Å². The number of hydrogen-bond acceptors (Lipinski definition) is 2. The molecule has 0 unspecified atom stereocenters. The van der Waals surface area contributed by atoms with E-state index in [2.05, 4.69) is 22.8 Å². The number of carbonyl (C=O) groups excluding carboxylic acids is 1. The van der Waals surface area contributed by atoms with Crippen LogP contribution >= 0.6 is 0 Å². The fraction of sp³-hybridized carbons (Fsp3) is 0.316. The Bertz CT molecular complexity index is 765. The molecule has 0 aliphatic heterocycles. The van der Waals surface area contributed by atoms with E-state index < -0.39 is 17.7 Å². The quantitative estimate of drug-likeness (QED) is 0.803. The molecule has 132 valence electrons. The first-order chi connectivity index (χ1) is 12.1. The third-order valence-corrected chi connectivity index (χ3v) is 4.16. The second-order valence-electron chi connectivity index (χ2n) is 5.99. The summed E-state index contributed by atoms with van der Waals surface area (Å²) < 4.78 is 31.9. The number of halogens is 2. The number of fused-ring (bicyclic) bond motifs is 1. The molecular weight excluding hydrogens is 326 g/mol. The smallest absolute Gasteiger partial charge is 0.319 e. The largest absolute Gasteiger partial charge is 0.492 e. The van der Waals surface area contributed by atoms with Crippen LogP contribution in [0.25, 0.3) is 0 Å². The highest BCUT2D eigenvalue weighted by Crippen LogP contribution is 2.25. The Hall–Kier alpha value is -2.63. The van der Waals surface area contributed by atoms with Crippen LogP contribution in [-0.2, 0) is 12.8 Å². The van der Waals surface area contributed by atoms with Gasteiger partial charge in [-0.05, 0) is 61.1 Å². The molecule has 0 radical (unpaired) electrons. The van der Waals surface area contributed by atoms with Crippen molar-refractivity contribution in [3.05, 3.63) is 59.2 Å². The number of hydrogen-bond donors (Lipinski definition) is 2. The van der Waals surface area contributed by atoms with Crippen molar-refractivity contribution in [1.29, 1.82) is 0 Å². The highest BCUT2D eigenvalue weighted by atomic mass is 19.1. The molecule has 0 bridgehead atoms. The molecule has 25 heavy (non-hydrogen) atoms. The molecule has 4 nitrogen and oxygen atoms in total. The van der Waals surface area contributed by atoms with Gasteiger partial charge in [-0.15, -0.1) is 0 Å². The molecule has 0 spiro atoms. The van der Waals surface area contributed by atoms with Gasteiger partial charge in [-0.2, -0.15) is 0 Å². The van der Waals surface area contributed by atoms with Crippen LogP contribution in [0.15, 0.2) is 36.4 Å². The van der Waals surface area contributed by atoms with Crippen molar-refractivity contribution < 1.29 is 18.3 Å². The Kier molecular flexibility index (Phi) is 5.48. The summed E-state index contributed by atoms with van der Waals surface area (Å²) in [4.78, 5) is 11.7. The fourth-order valence-electron chi connectivity index (χ4n) is 2.89. The Balaban J connectivity index is 1.43. The maximum atomic E-state index is 13.5. The molecule has 0 saturated heterocycles. The van der Waals surface area contributed by atoms with Crippen LogP contribution in [0.3, 0.4) is 0 Å². The van der Waals surface area contributed by atoms with Gasteiger partial charge in [-0.25, -0.2) is 13.6 Å². The van der Waals surface area contributed by atoms with Gasteiger partial charge in [-0.3, -0.25) is 0 Å². The molecule has 0 saturated carbocycles. The number of urea groups is 1. The first-order valence-corrected chi connectivity index (χ1v) is 8.36. The second kappa shape index (κ2) is 7.96. The summed E-state index contributed by atoms with van der Waals surface area (Å²) in [6.45, 7) is 0.573. The molecule has 1 aliphatic carbocycles. The molecule has 0 aromatic heterocycles. The van der Waals surface area contributed by atoms with Crippen LogP contribution in [0, 0.1) is 11.6 Å². The number of amides is 2. The van der Waals surface area contributed by atoms with Crippen LogP contribution in [-0.4, -0.2) is 19.2 Å². The van der Waals surface area contributed by atoms with Crippen LogP contribution < -0.4 is 15.4 Å². The summed E-state index contributed by atoms with van der Waals surface area (Å²) in [5.74, 6) is -0.727. The van der Waals surface area contributed by atoms with Crippen molar-refractivity contribution in [2.45, 2.75) is 25.7 Å². The van der Waals surface area contributed by atoms with Gasteiger partial charge < -0.3 is 15.4 Å². The molecule has 2 aromatic rings. The molecule has 0 atom stereocenters. The van der Waals surface area contributed by atoms with Crippen molar-refractivity contribution in [2.75, 3.05) is 18.5 Å². The van der Waals surface area contributed by atoms with Crippen molar-refractivity contribution in [3.8, 4) is 5.75 Å². The van der Waals surface area contributed by atoms with Gasteiger partial charge in [0.05, 0.1) is 12.2 Å². The van der Waals surface area contributed by atoms with Gasteiger partial charge in [0.2, 0.25) is 0 Å². The number of benzene rings is 2. The Labute approximate surface area is 145 Å². The minimum absolute atomic E-state index is 0.0745. The average Bonchev–Trinajstić information content (AvgIpc) is 2.61. The van der Waals surface area contributed by atoms with E-state index in [1.165, 1.54) is 30.0 Å². The lowest BCUT2D eigenvalue weighted by Crippen LogP contribution is -2.32. The Morgan fingerprint density at radius 1 is 1.04 bits per heavy atom. The molecule has 0 heterocycles. The molecule has 3 rings (SSSR count). The molecule has 2 amide bonds. The number of aryl methyl sites for hydroxylation is 2. The zero-order valence-corrected chi connectivity index (χ0v) is 13.8. The maximum Gasteiger partial charge on any atom is 0.319 e. The Morgan fingerprint density at radius 2 is 1.84 bits per heavy atom. The third kappa shape index (κ3) is 4.68. The monoisotopic (exact) mass is 346 g/mol. The highest BCUT2D eigenvalue weighted by molar-refractivity contribution is 5.89. The van der Waals surface area contributed by atoms with Crippen molar-refractivity contribution in [2.24, 2.45) is 0 Å². The van der Waals surface area contributed by atoms with Crippen molar-refractivity contribution in [1.82, 2.24) is 5.32 Å². The minimum atomic E-state index is -0.819. The third-order valence-electron chi connectivity index (χ3n) is 4.16. The summed E-state index contributed by atoms with van der Waals surface area (Å²) in [7, 11) is 0. The lowest BCUT2D eigenvalue weighted by atomic mass is 9.92. The van der Waals surface area contributed by atoms with E-state index in [4.69, 9.17) is 4.74 Å². The number of carbonyl (C=O) groups is 1. The van der Waals surface area contributed by atoms with Gasteiger partial charge in [0.1, 0.15) is 24.0 Å². The van der Waals surface area contributed by atoms with Gasteiger partial charge in [0.25, 0.3) is 0 Å². The molecule has 2 N–H and O–H groups in total. The van der Waals surface area contributed by atoms with Gasteiger partial charge in [-0.1, -0.05) is 6.07 Å². The minimum Gasteiger partial charge on any atom is -0.492 e. The second-order valence-corrected chi connectivity index (χ2v) is 5.99. The maximum absolute atomic E-state index is 13.5. The summed E-state index contributed by atoms with van der Waals surface area (Å²) in [6.07, 6.45) is 4.65. The fourth-order valence-corrected chi connectivity index (χ4v) is 2.89. The zero-order valence-electron chi connectivity index (χ0n) is 13.8. The first-order valence-electron chi connectivity index (χ1n) is 8.36. The summed E-state index contributed by atoms with van der Waals surface area (Å²) >= 11 is 0. The number of ether oxygens (including phenoxy) is 1. The van der Waals surface area contributed by atoms with E-state index >= 15 is 0 Å². The number of nitrogens with one attached hydrogen (secondary N) is 2. The number of rotatable bonds is 5. The molecule has 1 aliphatic rings. The summed E-state index contributed by atoms with van der Waals surface area (Å²) in [5.41, 5.74) is 2.65. The molecule has 2 aromatic carbocycles. The lowest BCUT2D eigenvalue weighted by molar-refractivity contribution is 0.247. The first kappa shape index (κ1) is 17.2. The van der Waals surface area contributed by atoms with E-state index in [1.54, 1.807) is 0 Å². The van der Waals surface area contributed by atoms with E-state index in [-0.39, 0.29) is 12.2 Å². The molecule has 6 heteroatoms. The average molecular weight is 346 g/mol. The lowest BCUT2D eigenvalue weighted by Gasteiger charge is -2.17. The predicted molar refractivity (Wildman–Crippen MR) is 92.0 cm³/mol. The summed E-state index contributed by atoms with van der Waals surface area (Å²) in [5, 5.41) is 4.90. The number of anilines is 1. The van der Waals surface area contributed by atoms with Crippen LogP contribution in [0.1, 0.15) is 24.0 Å². The molecule has 0 fully saturated rings. The van der Waals surface area contributed by atoms with Gasteiger partial charge >= 0.3 is 6.03 Å². The van der Waals surface area contributed by atoms with Crippen LogP contribution in [0.5, 0.6) is 5.75 Å². The highest BCUT2D eigenvalue weighted by Gasteiger charge is 2.10. The van der Waals surface area contributed by atoms with E-state index in [1.807, 2.05) is 6.07 Å². The van der Waals surface area contributed by atoms with Gasteiger partial charge in [0, 0.05) is 6.07 Å². The zero-order chi connectivity index (χ0) is 17.6. The van der Waals surface area contributed by atoms with Gasteiger partial charge in [0.15, 0.2) is 0 Å². The van der Waals surface area contributed by atoms with Crippen molar-refractivity contribution in [3.63, 3.8) is 0 Å². The van der Waals surface area contributed by atoms with E-state index in [9.17, 15) is 13.6 Å². The Morgan fingerprint density at radius 3 is 2.64 bits per heavy atom. The predicted octanol–water partition coefficient (Wildman–Crippen LogP) is 4.04. The van der Waals surface area contributed by atoms with Crippen molar-refractivity contribution >= 4 is 11.7 Å². The normalized spacial score (nSPS) is 13.0. The van der Waals surface area contributed by atoms with Crippen LogP contribution in [0.2, 0.25) is 0 Å². The SMILES string of the molecule is O=C(NCCOc1ccc2c(c1)CCCC2)Nc1ccc(F)cc1F. The molecular formula is C19H20F2N2O2. The van der Waals surface area contributed by atoms with E-state index in [0.717, 1.165) is 30.7 Å². The summed E-state index contributed by atoms with van der Waals surface area (Å²) in [6, 6.07) is 8.50. The van der Waals surface area contributed by atoms with E-state index in [0.29, 0.717) is 6.61 Å². The standard InChI is InChI=1S/C19H20F2N2O2/c20-15-6-8-18(17(21)12-15)23-19(24)22-9-10-25-16-7-5-13-3-1-2-4-14(13)11-16/h5-8,11-12H,1-4,9-10H2,(H2,22,23,24). The van der Waals surface area contributed by atoms with Crippen LogP contribution in [0.4, 0.5) is 19.3 Å².